The lowest BCUT2D eigenvalue weighted by molar-refractivity contribution is -0.126. The second kappa shape index (κ2) is 7.83. The average molecular weight is 337 g/mol. The molecule has 1 aliphatic heterocycles. The Morgan fingerprint density at radius 2 is 1.96 bits per heavy atom. The van der Waals surface area contributed by atoms with Crippen molar-refractivity contribution in [1.82, 2.24) is 9.88 Å². The lowest BCUT2D eigenvalue weighted by Crippen LogP contribution is -2.48. The molecule has 0 bridgehead atoms. The van der Waals surface area contributed by atoms with E-state index in [0.717, 1.165) is 35.8 Å². The molecule has 1 fully saturated rings. The van der Waals surface area contributed by atoms with Gasteiger partial charge in [0.05, 0.1) is 7.11 Å². The van der Waals surface area contributed by atoms with E-state index < -0.39 is 0 Å². The number of hydrogen-bond donors (Lipinski definition) is 0. The Morgan fingerprint density at radius 3 is 2.64 bits per heavy atom. The molecule has 1 amide bonds. The van der Waals surface area contributed by atoms with Crippen molar-refractivity contribution in [1.29, 1.82) is 0 Å². The van der Waals surface area contributed by atoms with Crippen LogP contribution in [0.5, 0.6) is 5.75 Å². The molecule has 5 heteroatoms. The Balaban J connectivity index is 1.61. The molecule has 0 radical (unpaired) electrons. The van der Waals surface area contributed by atoms with Crippen molar-refractivity contribution in [3.05, 3.63) is 59.8 Å². The van der Waals surface area contributed by atoms with Gasteiger partial charge in [0, 0.05) is 44.0 Å². The Hall–Kier alpha value is -2.82. The van der Waals surface area contributed by atoms with E-state index in [9.17, 15) is 4.79 Å². The number of benzene rings is 1. The molecule has 3 rings (SSSR count). The first-order chi connectivity index (χ1) is 12.2. The maximum atomic E-state index is 12.5. The fraction of sp³-hybridized carbons (Fsp3) is 0.300. The third-order valence-corrected chi connectivity index (χ3v) is 4.36. The van der Waals surface area contributed by atoms with Gasteiger partial charge in [-0.2, -0.15) is 0 Å². The zero-order valence-electron chi connectivity index (χ0n) is 14.7. The summed E-state index contributed by atoms with van der Waals surface area (Å²) in [6.45, 7) is 5.01. The average Bonchev–Trinajstić information content (AvgIpc) is 2.67. The summed E-state index contributed by atoms with van der Waals surface area (Å²) >= 11 is 0. The highest BCUT2D eigenvalue weighted by molar-refractivity contribution is 5.92. The number of hydrogen-bond acceptors (Lipinski definition) is 4. The number of aryl methyl sites for hydroxylation is 1. The summed E-state index contributed by atoms with van der Waals surface area (Å²) in [7, 11) is 1.64. The molecule has 0 aliphatic carbocycles. The molecule has 1 aromatic carbocycles. The quantitative estimate of drug-likeness (QED) is 0.805. The van der Waals surface area contributed by atoms with Crippen LogP contribution >= 0.6 is 0 Å². The van der Waals surface area contributed by atoms with Crippen molar-refractivity contribution in [3.63, 3.8) is 0 Å². The number of carbonyl (C=O) groups excluding carboxylic acids is 1. The minimum Gasteiger partial charge on any atom is -0.496 e. The minimum absolute atomic E-state index is 0.0317. The molecule has 0 unspecified atom stereocenters. The molecule has 0 spiro atoms. The molecule has 1 aromatic heterocycles. The number of methoxy groups -OCH3 is 1. The number of rotatable bonds is 4. The van der Waals surface area contributed by atoms with Gasteiger partial charge in [-0.3, -0.25) is 4.79 Å². The summed E-state index contributed by atoms with van der Waals surface area (Å²) < 4.78 is 5.35. The normalized spacial score (nSPS) is 14.8. The molecule has 130 valence electrons. The third-order valence-electron chi connectivity index (χ3n) is 4.36. The van der Waals surface area contributed by atoms with Crippen LogP contribution in [0.25, 0.3) is 6.08 Å². The van der Waals surface area contributed by atoms with E-state index >= 15 is 0 Å². The number of pyridine rings is 1. The van der Waals surface area contributed by atoms with E-state index in [1.165, 1.54) is 0 Å². The van der Waals surface area contributed by atoms with E-state index in [-0.39, 0.29) is 5.91 Å². The second-order valence-corrected chi connectivity index (χ2v) is 6.08. The molecule has 25 heavy (non-hydrogen) atoms. The van der Waals surface area contributed by atoms with E-state index in [2.05, 4.69) is 9.88 Å². The topological polar surface area (TPSA) is 45.7 Å². The smallest absolute Gasteiger partial charge is 0.246 e. The molecular formula is C20H23N3O2. The maximum Gasteiger partial charge on any atom is 0.246 e. The Labute approximate surface area is 148 Å². The Bertz CT molecular complexity index is 751. The van der Waals surface area contributed by atoms with E-state index in [1.807, 2.05) is 54.3 Å². The zero-order valence-corrected chi connectivity index (χ0v) is 14.7. The summed E-state index contributed by atoms with van der Waals surface area (Å²) in [5.74, 6) is 1.77. The molecule has 0 N–H and O–H groups in total. The molecule has 2 heterocycles. The van der Waals surface area contributed by atoms with Gasteiger partial charge in [0.15, 0.2) is 0 Å². The van der Waals surface area contributed by atoms with Gasteiger partial charge >= 0.3 is 0 Å². The molecule has 1 aliphatic rings. The standard InChI is InChI=1S/C20H23N3O2/c1-16-6-8-18(25-2)17(15-16)7-9-20(24)23-13-11-22(12-14-23)19-5-3-4-10-21-19/h3-10,15H,11-14H2,1-2H3/b9-7+. The van der Waals surface area contributed by atoms with Gasteiger partial charge in [-0.05, 0) is 37.3 Å². The fourth-order valence-electron chi connectivity index (χ4n) is 2.95. The number of piperazine rings is 1. The molecule has 0 saturated carbocycles. The van der Waals surface area contributed by atoms with Gasteiger partial charge < -0.3 is 14.5 Å². The predicted molar refractivity (Wildman–Crippen MR) is 99.8 cm³/mol. The first-order valence-corrected chi connectivity index (χ1v) is 8.45. The van der Waals surface area contributed by atoms with Crippen LogP contribution < -0.4 is 9.64 Å². The lowest BCUT2D eigenvalue weighted by atomic mass is 10.1. The van der Waals surface area contributed by atoms with Crippen molar-refractivity contribution >= 4 is 17.8 Å². The van der Waals surface area contributed by atoms with Crippen molar-refractivity contribution in [2.45, 2.75) is 6.92 Å². The number of nitrogens with zero attached hydrogens (tertiary/aromatic N) is 3. The van der Waals surface area contributed by atoms with Crippen LogP contribution in [0.4, 0.5) is 5.82 Å². The predicted octanol–water partition coefficient (Wildman–Crippen LogP) is 2.76. The Morgan fingerprint density at radius 1 is 1.16 bits per heavy atom. The molecule has 1 saturated heterocycles. The number of anilines is 1. The minimum atomic E-state index is 0.0317. The molecular weight excluding hydrogens is 314 g/mol. The summed E-state index contributed by atoms with van der Waals surface area (Å²) in [6, 6.07) is 11.8. The number of ether oxygens (including phenoxy) is 1. The number of amides is 1. The first kappa shape index (κ1) is 17.0. The number of carbonyl (C=O) groups is 1. The number of aromatic nitrogens is 1. The van der Waals surface area contributed by atoms with Crippen molar-refractivity contribution < 1.29 is 9.53 Å². The van der Waals surface area contributed by atoms with Gasteiger partial charge in [-0.1, -0.05) is 17.7 Å². The highest BCUT2D eigenvalue weighted by Crippen LogP contribution is 2.21. The van der Waals surface area contributed by atoms with Gasteiger partial charge in [0.2, 0.25) is 5.91 Å². The summed E-state index contributed by atoms with van der Waals surface area (Å²) in [4.78, 5) is 20.9. The van der Waals surface area contributed by atoms with Crippen LogP contribution in [0, 0.1) is 6.92 Å². The van der Waals surface area contributed by atoms with Crippen LogP contribution in [-0.2, 0) is 4.79 Å². The second-order valence-electron chi connectivity index (χ2n) is 6.08. The van der Waals surface area contributed by atoms with Crippen molar-refractivity contribution in [2.75, 3.05) is 38.2 Å². The van der Waals surface area contributed by atoms with Crippen LogP contribution in [0.1, 0.15) is 11.1 Å². The first-order valence-electron chi connectivity index (χ1n) is 8.45. The van der Waals surface area contributed by atoms with Crippen molar-refractivity contribution in [2.24, 2.45) is 0 Å². The third kappa shape index (κ3) is 4.18. The molecule has 0 atom stereocenters. The lowest BCUT2D eigenvalue weighted by Gasteiger charge is -2.34. The van der Waals surface area contributed by atoms with Crippen molar-refractivity contribution in [3.8, 4) is 5.75 Å². The highest BCUT2D eigenvalue weighted by Gasteiger charge is 2.20. The summed E-state index contributed by atoms with van der Waals surface area (Å²) in [5, 5.41) is 0. The van der Waals surface area contributed by atoms with Crippen LogP contribution in [0.2, 0.25) is 0 Å². The van der Waals surface area contributed by atoms with Crippen LogP contribution in [-0.4, -0.2) is 49.1 Å². The fourth-order valence-corrected chi connectivity index (χ4v) is 2.95. The highest BCUT2D eigenvalue weighted by atomic mass is 16.5. The molecule has 2 aromatic rings. The van der Waals surface area contributed by atoms with E-state index in [0.29, 0.717) is 13.1 Å². The van der Waals surface area contributed by atoms with E-state index in [4.69, 9.17) is 4.74 Å². The summed E-state index contributed by atoms with van der Waals surface area (Å²) in [6.07, 6.45) is 5.26. The SMILES string of the molecule is COc1ccc(C)cc1/C=C/C(=O)N1CCN(c2ccccn2)CC1. The van der Waals surface area contributed by atoms with Crippen LogP contribution in [0.3, 0.4) is 0 Å². The zero-order chi connectivity index (χ0) is 17.6. The summed E-state index contributed by atoms with van der Waals surface area (Å²) in [5.41, 5.74) is 2.06. The maximum absolute atomic E-state index is 12.5. The largest absolute Gasteiger partial charge is 0.496 e. The monoisotopic (exact) mass is 337 g/mol. The Kier molecular flexibility index (Phi) is 5.33. The van der Waals surface area contributed by atoms with Gasteiger partial charge in [0.25, 0.3) is 0 Å². The van der Waals surface area contributed by atoms with Gasteiger partial charge in [-0.15, -0.1) is 0 Å². The van der Waals surface area contributed by atoms with Gasteiger partial charge in [-0.25, -0.2) is 4.98 Å². The van der Waals surface area contributed by atoms with E-state index in [1.54, 1.807) is 19.4 Å². The van der Waals surface area contributed by atoms with Gasteiger partial charge in [0.1, 0.15) is 11.6 Å². The molecule has 5 nitrogen and oxygen atoms in total. The van der Waals surface area contributed by atoms with Crippen LogP contribution in [0.15, 0.2) is 48.7 Å².